The number of allylic oxidation sites excluding steroid dienone is 18. The van der Waals surface area contributed by atoms with Crippen LogP contribution >= 0.6 is 0 Å². The van der Waals surface area contributed by atoms with Crippen molar-refractivity contribution in [2.45, 2.75) is 65.2 Å². The van der Waals surface area contributed by atoms with Crippen molar-refractivity contribution in [3.63, 3.8) is 0 Å². The minimum Gasteiger partial charge on any atom is -0.0952 e. The molecule has 176 valence electrons. The first kappa shape index (κ1) is 23.2. The summed E-state index contributed by atoms with van der Waals surface area (Å²) in [5.41, 5.74) is 9.95. The van der Waals surface area contributed by atoms with Gasteiger partial charge >= 0.3 is 0 Å². The molecule has 0 saturated heterocycles. The zero-order valence-electron chi connectivity index (χ0n) is 21.2. The molecule has 5 rings (SSSR count). The Balaban J connectivity index is 1.14. The van der Waals surface area contributed by atoms with E-state index in [1.54, 1.807) is 0 Å². The van der Waals surface area contributed by atoms with Gasteiger partial charge in [0.25, 0.3) is 0 Å². The molecule has 3 unspecified atom stereocenters. The molecule has 1 fully saturated rings. The lowest BCUT2D eigenvalue weighted by Crippen LogP contribution is -2.17. The Hall–Kier alpha value is -2.60. The van der Waals surface area contributed by atoms with E-state index in [9.17, 15) is 0 Å². The summed E-state index contributed by atoms with van der Waals surface area (Å²) in [6.07, 6.45) is 35.6. The van der Waals surface area contributed by atoms with Crippen molar-refractivity contribution in [2.75, 3.05) is 0 Å². The average molecular weight is 449 g/mol. The van der Waals surface area contributed by atoms with Crippen LogP contribution in [0.5, 0.6) is 0 Å². The second kappa shape index (κ2) is 9.57. The molecule has 0 aliphatic heterocycles. The lowest BCUT2D eigenvalue weighted by Gasteiger charge is -2.27. The molecule has 5 aliphatic rings. The van der Waals surface area contributed by atoms with Gasteiger partial charge in [0.05, 0.1) is 0 Å². The van der Waals surface area contributed by atoms with E-state index in [0.717, 1.165) is 18.8 Å². The highest BCUT2D eigenvalue weighted by Crippen LogP contribution is 2.45. The second-order valence-electron chi connectivity index (χ2n) is 11.6. The molecule has 0 heterocycles. The molecule has 0 N–H and O–H groups in total. The maximum atomic E-state index is 4.42. The molecule has 5 aliphatic carbocycles. The third-order valence-electron chi connectivity index (χ3n) is 8.76. The van der Waals surface area contributed by atoms with Crippen molar-refractivity contribution < 1.29 is 0 Å². The monoisotopic (exact) mass is 448 g/mol. The van der Waals surface area contributed by atoms with Crippen molar-refractivity contribution >= 4 is 0 Å². The molecule has 0 aromatic carbocycles. The summed E-state index contributed by atoms with van der Waals surface area (Å²) in [4.78, 5) is 0. The largest absolute Gasteiger partial charge is 0.0952 e. The number of hydrogen-bond donors (Lipinski definition) is 0. The third kappa shape index (κ3) is 4.92. The van der Waals surface area contributed by atoms with Gasteiger partial charge in [0.2, 0.25) is 0 Å². The predicted octanol–water partition coefficient (Wildman–Crippen LogP) is 9.46. The van der Waals surface area contributed by atoms with Gasteiger partial charge in [-0.05, 0) is 84.1 Å². The predicted molar refractivity (Wildman–Crippen MR) is 147 cm³/mol. The summed E-state index contributed by atoms with van der Waals surface area (Å²) < 4.78 is 0. The van der Waals surface area contributed by atoms with E-state index in [1.807, 2.05) is 0 Å². The summed E-state index contributed by atoms with van der Waals surface area (Å²) in [5, 5.41) is 0. The van der Waals surface area contributed by atoms with Crippen molar-refractivity contribution in [1.29, 1.82) is 0 Å². The quantitative estimate of drug-likeness (QED) is 0.347. The molecule has 34 heavy (non-hydrogen) atoms. The molecule has 1 saturated carbocycles. The second-order valence-corrected chi connectivity index (χ2v) is 11.6. The van der Waals surface area contributed by atoms with E-state index in [0.29, 0.717) is 17.3 Å². The van der Waals surface area contributed by atoms with Crippen LogP contribution in [0.1, 0.15) is 65.2 Å². The zero-order valence-corrected chi connectivity index (χ0v) is 21.2. The number of fused-ring (bicyclic) bond motifs is 2. The summed E-state index contributed by atoms with van der Waals surface area (Å²) >= 11 is 0. The van der Waals surface area contributed by atoms with Crippen molar-refractivity contribution in [3.8, 4) is 0 Å². The zero-order chi connectivity index (χ0) is 23.7. The average Bonchev–Trinajstić information content (AvgIpc) is 3.39. The number of hydrogen-bond acceptors (Lipinski definition) is 0. The highest BCUT2D eigenvalue weighted by molar-refractivity contribution is 5.56. The number of rotatable bonds is 8. The van der Waals surface area contributed by atoms with Crippen molar-refractivity contribution in [3.05, 3.63) is 119 Å². The van der Waals surface area contributed by atoms with Crippen LogP contribution in [-0.4, -0.2) is 0 Å². The Morgan fingerprint density at radius 2 is 1.82 bits per heavy atom. The highest BCUT2D eigenvalue weighted by Gasteiger charge is 2.33. The van der Waals surface area contributed by atoms with Crippen LogP contribution < -0.4 is 0 Å². The lowest BCUT2D eigenvalue weighted by molar-refractivity contribution is 0.242. The van der Waals surface area contributed by atoms with Crippen LogP contribution in [0, 0.1) is 23.2 Å². The summed E-state index contributed by atoms with van der Waals surface area (Å²) in [5.74, 6) is 1.73. The maximum Gasteiger partial charge on any atom is 0.0267 e. The summed E-state index contributed by atoms with van der Waals surface area (Å²) in [6, 6.07) is 0. The Morgan fingerprint density at radius 1 is 0.971 bits per heavy atom. The lowest BCUT2D eigenvalue weighted by atomic mass is 9.79. The molecule has 0 nitrogen and oxygen atoms in total. The molecule has 3 atom stereocenters. The molecule has 0 aromatic heterocycles. The van der Waals surface area contributed by atoms with Gasteiger partial charge in [-0.25, -0.2) is 0 Å². The Morgan fingerprint density at radius 3 is 2.65 bits per heavy atom. The fourth-order valence-electron chi connectivity index (χ4n) is 6.47. The van der Waals surface area contributed by atoms with Gasteiger partial charge in [-0.15, -0.1) is 0 Å². The smallest absolute Gasteiger partial charge is 0.0267 e. The summed E-state index contributed by atoms with van der Waals surface area (Å²) in [7, 11) is 0. The van der Waals surface area contributed by atoms with Crippen LogP contribution in [0.2, 0.25) is 0 Å². The van der Waals surface area contributed by atoms with Gasteiger partial charge in [0, 0.05) is 11.8 Å². The van der Waals surface area contributed by atoms with Crippen LogP contribution in [0.4, 0.5) is 0 Å². The van der Waals surface area contributed by atoms with Gasteiger partial charge in [-0.2, -0.15) is 0 Å². The van der Waals surface area contributed by atoms with Crippen LogP contribution in [-0.2, 0) is 0 Å². The first-order valence-corrected chi connectivity index (χ1v) is 13.4. The molecular formula is C34H40. The maximum absolute atomic E-state index is 4.42. The topological polar surface area (TPSA) is 0 Å². The van der Waals surface area contributed by atoms with E-state index < -0.39 is 0 Å². The van der Waals surface area contributed by atoms with Crippen LogP contribution in [0.25, 0.3) is 0 Å². The Labute approximate surface area is 207 Å². The Kier molecular flexibility index (Phi) is 6.52. The standard InChI is InChI=1S/C34H40/c1-24(30-19-25(2)33-13-6-5-10-29(33)23-30)14-15-27-21-28-17-16-26(20-31(28)22-27)9-7-11-32-12-8-18-34(32,3)4/h5-6,10,13,16-17,19-23,31-33H,1-2,7-9,11-12,14-15,18H2,3-4H3. The van der Waals surface area contributed by atoms with E-state index in [2.05, 4.69) is 93.8 Å². The van der Waals surface area contributed by atoms with E-state index >= 15 is 0 Å². The minimum atomic E-state index is 0.337. The first-order chi connectivity index (χ1) is 16.4. The fourth-order valence-corrected chi connectivity index (χ4v) is 6.47. The van der Waals surface area contributed by atoms with Crippen LogP contribution in [0.15, 0.2) is 119 Å². The van der Waals surface area contributed by atoms with Crippen molar-refractivity contribution in [1.82, 2.24) is 0 Å². The van der Waals surface area contributed by atoms with Gasteiger partial charge in [0.15, 0.2) is 0 Å². The van der Waals surface area contributed by atoms with Gasteiger partial charge in [-0.1, -0.05) is 111 Å². The summed E-state index contributed by atoms with van der Waals surface area (Å²) in [6.45, 7) is 13.7. The fraction of sp³-hybridized carbons (Fsp3) is 0.412. The molecule has 0 bridgehead atoms. The Bertz CT molecular complexity index is 1110. The first-order valence-electron chi connectivity index (χ1n) is 13.4. The van der Waals surface area contributed by atoms with Crippen molar-refractivity contribution in [2.24, 2.45) is 23.2 Å². The normalized spacial score (nSPS) is 28.6. The van der Waals surface area contributed by atoms with Gasteiger partial charge < -0.3 is 0 Å². The SMILES string of the molecule is C=C(CCC1=CC2C=C(CCCC3CCCC3(C)C)C=CC2=C1)C1=CC(=C)C2C=CC=CC2=C1. The molecule has 0 radical (unpaired) electrons. The van der Waals surface area contributed by atoms with Gasteiger partial charge in [0.1, 0.15) is 0 Å². The van der Waals surface area contributed by atoms with E-state index in [4.69, 9.17) is 0 Å². The van der Waals surface area contributed by atoms with Gasteiger partial charge in [-0.3, -0.25) is 0 Å². The molecule has 0 spiro atoms. The highest BCUT2D eigenvalue weighted by atomic mass is 14.4. The minimum absolute atomic E-state index is 0.337. The van der Waals surface area contributed by atoms with Crippen LogP contribution in [0.3, 0.4) is 0 Å². The molecule has 0 amide bonds. The molecule has 0 aromatic rings. The molecular weight excluding hydrogens is 408 g/mol. The van der Waals surface area contributed by atoms with E-state index in [1.165, 1.54) is 77.5 Å². The molecule has 0 heteroatoms. The van der Waals surface area contributed by atoms with E-state index in [-0.39, 0.29) is 0 Å². The third-order valence-corrected chi connectivity index (χ3v) is 8.76.